The lowest BCUT2D eigenvalue weighted by Crippen LogP contribution is -2.38. The molecule has 0 bridgehead atoms. The van der Waals surface area contributed by atoms with Crippen LogP contribution >= 0.6 is 0 Å². The molecule has 2 saturated heterocycles. The number of hydrogen-bond acceptors (Lipinski definition) is 3. The van der Waals surface area contributed by atoms with Crippen molar-refractivity contribution in [3.63, 3.8) is 0 Å². The van der Waals surface area contributed by atoms with Crippen molar-refractivity contribution >= 4 is 11.6 Å². The highest BCUT2D eigenvalue weighted by atomic mass is 16.5. The summed E-state index contributed by atoms with van der Waals surface area (Å²) >= 11 is 0. The highest BCUT2D eigenvalue weighted by Gasteiger charge is 2.21. The molecule has 126 valence electrons. The fourth-order valence-corrected chi connectivity index (χ4v) is 3.59. The van der Waals surface area contributed by atoms with E-state index < -0.39 is 0 Å². The van der Waals surface area contributed by atoms with Crippen molar-refractivity contribution in [1.29, 1.82) is 0 Å². The molecule has 0 aromatic heterocycles. The fraction of sp³-hybridized carbons (Fsp3) is 0.632. The van der Waals surface area contributed by atoms with Crippen LogP contribution in [0.5, 0.6) is 5.75 Å². The predicted octanol–water partition coefficient (Wildman–Crippen LogP) is 3.46. The Labute approximate surface area is 139 Å². The largest absolute Gasteiger partial charge is 0.494 e. The first kappa shape index (κ1) is 16.3. The lowest BCUT2D eigenvalue weighted by molar-refractivity contribution is -0.117. The zero-order chi connectivity index (χ0) is 16.1. The number of carbonyl (C=O) groups is 1. The van der Waals surface area contributed by atoms with Crippen LogP contribution < -0.4 is 9.64 Å². The van der Waals surface area contributed by atoms with E-state index in [1.165, 1.54) is 25.8 Å². The van der Waals surface area contributed by atoms with E-state index in [1.807, 2.05) is 29.2 Å². The highest BCUT2D eigenvalue weighted by molar-refractivity contribution is 5.95. The molecule has 4 heteroatoms. The number of amides is 1. The van der Waals surface area contributed by atoms with Gasteiger partial charge in [-0.15, -0.1) is 0 Å². The average Bonchev–Trinajstić information content (AvgIpc) is 3.00. The molecule has 4 nitrogen and oxygen atoms in total. The summed E-state index contributed by atoms with van der Waals surface area (Å²) in [6.45, 7) is 6.29. The molecular formula is C19H28N2O2. The van der Waals surface area contributed by atoms with Crippen molar-refractivity contribution in [2.45, 2.75) is 51.5 Å². The molecule has 1 amide bonds. The van der Waals surface area contributed by atoms with Gasteiger partial charge < -0.3 is 14.5 Å². The number of benzene rings is 1. The minimum atomic E-state index is 0.231. The molecule has 1 unspecified atom stereocenters. The van der Waals surface area contributed by atoms with Gasteiger partial charge in [-0.05, 0) is 63.4 Å². The van der Waals surface area contributed by atoms with Crippen molar-refractivity contribution in [3.05, 3.63) is 24.3 Å². The Kier molecular flexibility index (Phi) is 5.55. The summed E-state index contributed by atoms with van der Waals surface area (Å²) in [4.78, 5) is 16.2. The Balaban J connectivity index is 1.41. The van der Waals surface area contributed by atoms with Crippen LogP contribution in [0, 0.1) is 0 Å². The zero-order valence-electron chi connectivity index (χ0n) is 14.2. The number of rotatable bonds is 6. The lowest BCUT2D eigenvalue weighted by Gasteiger charge is -2.33. The number of ether oxygens (including phenoxy) is 1. The third-order valence-electron chi connectivity index (χ3n) is 5.02. The number of likely N-dealkylation sites (tertiary alicyclic amines) is 1. The molecule has 2 aliphatic heterocycles. The minimum Gasteiger partial charge on any atom is -0.494 e. The van der Waals surface area contributed by atoms with Crippen LogP contribution in [-0.4, -0.2) is 43.1 Å². The number of piperidine rings is 1. The normalized spacial score (nSPS) is 22.6. The Bertz CT molecular complexity index is 515. The molecule has 0 radical (unpaired) electrons. The molecule has 0 spiro atoms. The molecular weight excluding hydrogens is 288 g/mol. The maximum absolute atomic E-state index is 11.7. The molecule has 23 heavy (non-hydrogen) atoms. The molecule has 1 aromatic carbocycles. The van der Waals surface area contributed by atoms with E-state index in [4.69, 9.17) is 4.74 Å². The molecule has 1 aromatic rings. The predicted molar refractivity (Wildman–Crippen MR) is 93.0 cm³/mol. The molecule has 2 fully saturated rings. The highest BCUT2D eigenvalue weighted by Crippen LogP contribution is 2.24. The summed E-state index contributed by atoms with van der Waals surface area (Å²) in [5.41, 5.74) is 0.988. The van der Waals surface area contributed by atoms with Gasteiger partial charge in [-0.25, -0.2) is 0 Å². The first-order valence-corrected chi connectivity index (χ1v) is 9.01. The molecule has 0 saturated carbocycles. The molecule has 2 aliphatic rings. The Morgan fingerprint density at radius 1 is 1.13 bits per heavy atom. The Morgan fingerprint density at radius 3 is 2.65 bits per heavy atom. The van der Waals surface area contributed by atoms with E-state index in [2.05, 4.69) is 11.8 Å². The van der Waals surface area contributed by atoms with E-state index in [9.17, 15) is 4.79 Å². The van der Waals surface area contributed by atoms with Gasteiger partial charge in [-0.3, -0.25) is 4.79 Å². The summed E-state index contributed by atoms with van der Waals surface area (Å²) in [5.74, 6) is 1.13. The van der Waals surface area contributed by atoms with Gasteiger partial charge in [-0.1, -0.05) is 6.42 Å². The van der Waals surface area contributed by atoms with Gasteiger partial charge in [0, 0.05) is 31.2 Å². The summed E-state index contributed by atoms with van der Waals surface area (Å²) in [6.07, 6.45) is 6.75. The van der Waals surface area contributed by atoms with Crippen LogP contribution in [-0.2, 0) is 4.79 Å². The van der Waals surface area contributed by atoms with Gasteiger partial charge in [0.2, 0.25) is 5.91 Å². The Hall–Kier alpha value is -1.55. The molecule has 0 aliphatic carbocycles. The summed E-state index contributed by atoms with van der Waals surface area (Å²) < 4.78 is 5.85. The smallest absolute Gasteiger partial charge is 0.227 e. The average molecular weight is 316 g/mol. The second-order valence-electron chi connectivity index (χ2n) is 6.73. The molecule has 1 atom stereocenters. The summed E-state index contributed by atoms with van der Waals surface area (Å²) in [7, 11) is 0. The van der Waals surface area contributed by atoms with Gasteiger partial charge >= 0.3 is 0 Å². The van der Waals surface area contributed by atoms with E-state index >= 15 is 0 Å². The standard InChI is InChI=1S/C19H28N2O2/c1-16-6-2-3-12-20(16)13-5-15-23-18-10-8-17(9-11-18)21-14-4-7-19(21)22/h8-11,16H,2-7,12-15H2,1H3. The number of anilines is 1. The van der Waals surface area contributed by atoms with Crippen LogP contribution in [0.25, 0.3) is 0 Å². The maximum Gasteiger partial charge on any atom is 0.227 e. The third kappa shape index (κ3) is 4.25. The summed E-state index contributed by atoms with van der Waals surface area (Å²) in [6, 6.07) is 8.66. The van der Waals surface area contributed by atoms with E-state index in [0.29, 0.717) is 6.42 Å². The van der Waals surface area contributed by atoms with Crippen molar-refractivity contribution in [2.75, 3.05) is 31.1 Å². The van der Waals surface area contributed by atoms with Crippen molar-refractivity contribution in [2.24, 2.45) is 0 Å². The van der Waals surface area contributed by atoms with Gasteiger partial charge in [-0.2, -0.15) is 0 Å². The summed E-state index contributed by atoms with van der Waals surface area (Å²) in [5, 5.41) is 0. The van der Waals surface area contributed by atoms with Gasteiger partial charge in [0.05, 0.1) is 6.61 Å². The molecule has 0 N–H and O–H groups in total. The minimum absolute atomic E-state index is 0.231. The quantitative estimate of drug-likeness (QED) is 0.754. The van der Waals surface area contributed by atoms with Crippen molar-refractivity contribution in [3.8, 4) is 5.75 Å². The van der Waals surface area contributed by atoms with Crippen LogP contribution in [0.1, 0.15) is 45.4 Å². The second-order valence-corrected chi connectivity index (χ2v) is 6.73. The fourth-order valence-electron chi connectivity index (χ4n) is 3.59. The van der Waals surface area contributed by atoms with Crippen LogP contribution in [0.2, 0.25) is 0 Å². The number of carbonyl (C=O) groups excluding carboxylic acids is 1. The topological polar surface area (TPSA) is 32.8 Å². The Morgan fingerprint density at radius 2 is 1.96 bits per heavy atom. The van der Waals surface area contributed by atoms with Crippen molar-refractivity contribution < 1.29 is 9.53 Å². The van der Waals surface area contributed by atoms with E-state index in [1.54, 1.807) is 0 Å². The van der Waals surface area contributed by atoms with E-state index in [0.717, 1.165) is 50.0 Å². The lowest BCUT2D eigenvalue weighted by atomic mass is 10.0. The first-order valence-electron chi connectivity index (χ1n) is 9.01. The van der Waals surface area contributed by atoms with E-state index in [-0.39, 0.29) is 5.91 Å². The first-order chi connectivity index (χ1) is 11.2. The molecule has 3 rings (SSSR count). The van der Waals surface area contributed by atoms with Crippen LogP contribution in [0.3, 0.4) is 0 Å². The molecule has 2 heterocycles. The van der Waals surface area contributed by atoms with Gasteiger partial charge in [0.25, 0.3) is 0 Å². The zero-order valence-corrected chi connectivity index (χ0v) is 14.2. The second kappa shape index (κ2) is 7.82. The third-order valence-corrected chi connectivity index (χ3v) is 5.02. The number of nitrogens with zero attached hydrogens (tertiary/aromatic N) is 2. The monoisotopic (exact) mass is 316 g/mol. The van der Waals surface area contributed by atoms with Gasteiger partial charge in [0.15, 0.2) is 0 Å². The SMILES string of the molecule is CC1CCCCN1CCCOc1ccc(N2CCCC2=O)cc1. The van der Waals surface area contributed by atoms with Crippen molar-refractivity contribution in [1.82, 2.24) is 4.90 Å². The maximum atomic E-state index is 11.7. The van der Waals surface area contributed by atoms with Crippen LogP contribution in [0.4, 0.5) is 5.69 Å². The number of hydrogen-bond donors (Lipinski definition) is 0. The van der Waals surface area contributed by atoms with Gasteiger partial charge in [0.1, 0.15) is 5.75 Å². The van der Waals surface area contributed by atoms with Crippen LogP contribution in [0.15, 0.2) is 24.3 Å².